The van der Waals surface area contributed by atoms with Crippen molar-refractivity contribution in [2.24, 2.45) is 0 Å². The van der Waals surface area contributed by atoms with Gasteiger partial charge >= 0.3 is 11.9 Å². The standard InChI is InChI=1S/C26H31N7O5S.C26H26N6O2/c1-4-39(35,36)32-15-13-31(14-16-32)20-11-8-12-21(37-3)23(20)24-22(18(2)27-26-28-29-30-33(24)26)25(34)38-17-19-9-6-5-7-10-19;1-31(2)16-15-22-23(25(33)34-17-18-9-4-3-5-10-18)24(32-26(27-22)28-29-30-32)21-14-8-12-19-11-6-7-13-20(19)21/h5-12,24H,4,13-17H2,1-3H3,(H,27,28,30);3-14,24H,15-17H2,1-2H3,(H,27,28,30). The van der Waals surface area contributed by atoms with Crippen LogP contribution < -0.4 is 20.3 Å². The Hall–Kier alpha value is -8.01. The number of rotatable bonds is 15. The number of esters is 2. The van der Waals surface area contributed by atoms with Crippen molar-refractivity contribution in [2.45, 2.75) is 45.6 Å². The van der Waals surface area contributed by atoms with E-state index < -0.39 is 28.1 Å². The number of carbonyl (C=O) groups excluding carboxylic acids is 2. The number of nitrogens with one attached hydrogen (secondary N) is 2. The number of allylic oxidation sites excluding steroid dienone is 1. The topological polar surface area (TPSA) is 217 Å². The number of hydrogen-bond donors (Lipinski definition) is 2. The molecule has 20 nitrogen and oxygen atoms in total. The van der Waals surface area contributed by atoms with Crippen molar-refractivity contribution in [1.82, 2.24) is 49.6 Å². The van der Waals surface area contributed by atoms with Gasteiger partial charge in [0.1, 0.15) is 31.0 Å². The number of hydrogen-bond acceptors (Lipinski definition) is 17. The lowest BCUT2D eigenvalue weighted by Crippen LogP contribution is -2.49. The van der Waals surface area contributed by atoms with Crippen LogP contribution in [0, 0.1) is 0 Å². The van der Waals surface area contributed by atoms with Crippen molar-refractivity contribution >= 4 is 50.3 Å². The second-order valence-corrected chi connectivity index (χ2v) is 20.1. The quantitative estimate of drug-likeness (QED) is 0.113. The minimum Gasteiger partial charge on any atom is -0.496 e. The van der Waals surface area contributed by atoms with Gasteiger partial charge in [0.2, 0.25) is 21.9 Å². The molecule has 73 heavy (non-hydrogen) atoms. The molecule has 0 saturated carbocycles. The van der Waals surface area contributed by atoms with E-state index >= 15 is 0 Å². The number of sulfonamides is 1. The van der Waals surface area contributed by atoms with E-state index in [2.05, 4.69) is 69.7 Å². The van der Waals surface area contributed by atoms with Gasteiger partial charge in [-0.25, -0.2) is 18.0 Å². The van der Waals surface area contributed by atoms with E-state index in [1.54, 1.807) is 30.3 Å². The molecule has 0 radical (unpaired) electrons. The van der Waals surface area contributed by atoms with Gasteiger partial charge in [-0.05, 0) is 88.4 Å². The summed E-state index contributed by atoms with van der Waals surface area (Å²) in [4.78, 5) is 31.5. The molecule has 5 aromatic carbocycles. The van der Waals surface area contributed by atoms with Gasteiger partial charge < -0.3 is 34.6 Å². The summed E-state index contributed by atoms with van der Waals surface area (Å²) >= 11 is 0. The van der Waals surface area contributed by atoms with Crippen molar-refractivity contribution in [3.05, 3.63) is 166 Å². The summed E-state index contributed by atoms with van der Waals surface area (Å²) in [5.74, 6) is 0.604. The molecule has 10 rings (SSSR count). The molecule has 0 spiro atoms. The van der Waals surface area contributed by atoms with E-state index in [9.17, 15) is 18.0 Å². The average molecular weight is 1010 g/mol. The second kappa shape index (κ2) is 22.2. The number of benzene rings is 5. The van der Waals surface area contributed by atoms with E-state index in [1.807, 2.05) is 117 Å². The first-order valence-electron chi connectivity index (χ1n) is 23.9. The monoisotopic (exact) mass is 1010 g/mol. The Balaban J connectivity index is 0.000000181. The summed E-state index contributed by atoms with van der Waals surface area (Å²) in [6.07, 6.45) is 0.622. The van der Waals surface area contributed by atoms with Crippen molar-refractivity contribution in [2.75, 3.05) is 75.2 Å². The number of methoxy groups -OCH3 is 1. The zero-order valence-electron chi connectivity index (χ0n) is 41.3. The van der Waals surface area contributed by atoms with Crippen LogP contribution in [0.25, 0.3) is 10.8 Å². The molecule has 1 saturated heterocycles. The summed E-state index contributed by atoms with van der Waals surface area (Å²) < 4.78 is 47.0. The van der Waals surface area contributed by atoms with Crippen LogP contribution in [0.3, 0.4) is 0 Å². The van der Waals surface area contributed by atoms with Gasteiger partial charge in [-0.2, -0.15) is 13.7 Å². The molecule has 0 amide bonds. The minimum atomic E-state index is -3.28. The lowest BCUT2D eigenvalue weighted by Gasteiger charge is -2.38. The fraction of sp³-hybridized carbons (Fsp3) is 0.308. The van der Waals surface area contributed by atoms with Crippen LogP contribution in [0.2, 0.25) is 0 Å². The van der Waals surface area contributed by atoms with Gasteiger partial charge in [-0.1, -0.05) is 119 Å². The van der Waals surface area contributed by atoms with Gasteiger partial charge in [-0.15, -0.1) is 0 Å². The molecule has 3 aliphatic heterocycles. The number of fused-ring (bicyclic) bond motifs is 3. The predicted octanol–water partition coefficient (Wildman–Crippen LogP) is 5.98. The molecule has 0 bridgehead atoms. The van der Waals surface area contributed by atoms with Crippen LogP contribution in [0.5, 0.6) is 5.75 Å². The lowest BCUT2D eigenvalue weighted by molar-refractivity contribution is -0.141. The van der Waals surface area contributed by atoms with Crippen molar-refractivity contribution in [3.63, 3.8) is 0 Å². The van der Waals surface area contributed by atoms with E-state index in [1.165, 1.54) is 4.31 Å². The third-order valence-corrected chi connectivity index (χ3v) is 14.9. The molecule has 7 aromatic rings. The highest BCUT2D eigenvalue weighted by molar-refractivity contribution is 7.89. The molecule has 0 aliphatic carbocycles. The third-order valence-electron chi connectivity index (χ3n) is 13.0. The number of tetrazole rings is 2. The molecule has 21 heteroatoms. The Bertz CT molecular complexity index is 3260. The molecule has 3 aliphatic rings. The summed E-state index contributed by atoms with van der Waals surface area (Å²) in [6, 6.07) is 37.7. The van der Waals surface area contributed by atoms with Crippen molar-refractivity contribution < 1.29 is 32.2 Å². The summed E-state index contributed by atoms with van der Waals surface area (Å²) in [7, 11) is 2.29. The minimum absolute atomic E-state index is 0.0626. The first kappa shape index (κ1) is 50.0. The van der Waals surface area contributed by atoms with E-state index in [-0.39, 0.29) is 24.9 Å². The fourth-order valence-corrected chi connectivity index (χ4v) is 10.4. The Morgan fingerprint density at radius 2 is 1.27 bits per heavy atom. The van der Waals surface area contributed by atoms with E-state index in [4.69, 9.17) is 14.2 Å². The fourth-order valence-electron chi connectivity index (χ4n) is 9.28. The van der Waals surface area contributed by atoms with Crippen molar-refractivity contribution in [1.29, 1.82) is 0 Å². The number of anilines is 3. The van der Waals surface area contributed by atoms with Crippen LogP contribution in [0.15, 0.2) is 144 Å². The SMILES string of the molecule is CCS(=O)(=O)N1CCN(c2cccc(OC)c2C2C(C(=O)OCc3ccccc3)=C(C)Nc3nnnn32)CC1.CN(C)CCC1=C(C(=O)OCc2ccccc2)C(c2cccc3ccccc23)n2nnnc2N1. The number of piperazine rings is 1. The van der Waals surface area contributed by atoms with Crippen LogP contribution in [-0.4, -0.2) is 130 Å². The molecule has 2 unspecified atom stereocenters. The molecule has 2 atom stereocenters. The Labute approximate surface area is 423 Å². The molecule has 2 N–H and O–H groups in total. The predicted molar refractivity (Wildman–Crippen MR) is 275 cm³/mol. The van der Waals surface area contributed by atoms with Gasteiger partial charge in [0, 0.05) is 61.8 Å². The molecular weight excluding hydrogens is 951 g/mol. The zero-order valence-corrected chi connectivity index (χ0v) is 42.1. The maximum atomic E-state index is 13.7. The number of carbonyl (C=O) groups is 2. The molecule has 2 aromatic heterocycles. The third kappa shape index (κ3) is 10.8. The van der Waals surface area contributed by atoms with Crippen LogP contribution in [0.4, 0.5) is 17.6 Å². The lowest BCUT2D eigenvalue weighted by atomic mass is 9.90. The smallest absolute Gasteiger partial charge is 0.338 e. The highest BCUT2D eigenvalue weighted by Gasteiger charge is 2.40. The van der Waals surface area contributed by atoms with Crippen LogP contribution in [0.1, 0.15) is 54.6 Å². The summed E-state index contributed by atoms with van der Waals surface area (Å²) in [6.45, 7) is 6.15. The Kier molecular flexibility index (Phi) is 15.2. The molecule has 378 valence electrons. The van der Waals surface area contributed by atoms with Gasteiger partial charge in [0.25, 0.3) is 0 Å². The Morgan fingerprint density at radius 1 is 0.699 bits per heavy atom. The maximum Gasteiger partial charge on any atom is 0.338 e. The number of ether oxygens (including phenoxy) is 3. The second-order valence-electron chi connectivity index (χ2n) is 17.8. The van der Waals surface area contributed by atoms with Crippen LogP contribution in [-0.2, 0) is 42.3 Å². The van der Waals surface area contributed by atoms with Gasteiger partial charge in [0.15, 0.2) is 0 Å². The summed E-state index contributed by atoms with van der Waals surface area (Å²) in [5.41, 5.74) is 6.44. The number of nitrogens with zero attached hydrogens (tertiary/aromatic N) is 11. The molecule has 1 fully saturated rings. The number of aromatic nitrogens is 8. The normalized spacial score (nSPS) is 16.7. The van der Waals surface area contributed by atoms with Gasteiger partial charge in [-0.3, -0.25) is 0 Å². The maximum absolute atomic E-state index is 13.7. The highest BCUT2D eigenvalue weighted by Crippen LogP contribution is 2.45. The zero-order chi connectivity index (χ0) is 51.1. The van der Waals surface area contributed by atoms with E-state index in [0.717, 1.165) is 45.4 Å². The van der Waals surface area contributed by atoms with Crippen molar-refractivity contribution in [3.8, 4) is 5.75 Å². The molecule has 5 heterocycles. The van der Waals surface area contributed by atoms with Gasteiger partial charge in [0.05, 0.1) is 24.0 Å². The summed E-state index contributed by atoms with van der Waals surface area (Å²) in [5, 5.41) is 33.0. The first-order chi connectivity index (χ1) is 35.4. The Morgan fingerprint density at radius 3 is 1.90 bits per heavy atom. The first-order valence-corrected chi connectivity index (χ1v) is 25.5. The van der Waals surface area contributed by atoms with Crippen LogP contribution >= 0.6 is 0 Å². The largest absolute Gasteiger partial charge is 0.496 e. The highest BCUT2D eigenvalue weighted by atomic mass is 32.2. The average Bonchev–Trinajstić information content (AvgIpc) is 4.11. The van der Waals surface area contributed by atoms with E-state index in [0.29, 0.717) is 72.7 Å². The molecular formula is C52H57N13O7S.